The minimum Gasteiger partial charge on any atom is -0.374 e. The molecule has 3 N–H and O–H groups in total. The standard InChI is InChI=1S/C19H44N4O3Si/c1-4-24-27(25-5-2,26-6-3)19-9-17-23-16-8-12-21-14-13-20-10-7-11-22-15-18-23/h20-22H,4-19H2,1-3H3. The third-order valence-corrected chi connectivity index (χ3v) is 7.82. The quantitative estimate of drug-likeness (QED) is 0.474. The summed E-state index contributed by atoms with van der Waals surface area (Å²) in [4.78, 5) is 2.57. The van der Waals surface area contributed by atoms with Gasteiger partial charge in [0.1, 0.15) is 0 Å². The van der Waals surface area contributed by atoms with Crippen molar-refractivity contribution in [2.75, 3.05) is 78.7 Å². The summed E-state index contributed by atoms with van der Waals surface area (Å²) in [5.41, 5.74) is 0. The van der Waals surface area contributed by atoms with Crippen molar-refractivity contribution in [1.82, 2.24) is 20.9 Å². The van der Waals surface area contributed by atoms with Crippen LogP contribution in [0.2, 0.25) is 6.04 Å². The van der Waals surface area contributed by atoms with E-state index in [4.69, 9.17) is 13.3 Å². The zero-order valence-electron chi connectivity index (χ0n) is 18.0. The number of hydrogen-bond donors (Lipinski definition) is 3. The Morgan fingerprint density at radius 2 is 1.26 bits per heavy atom. The topological polar surface area (TPSA) is 67.0 Å². The first-order valence-corrected chi connectivity index (χ1v) is 13.0. The molecule has 0 aromatic carbocycles. The summed E-state index contributed by atoms with van der Waals surface area (Å²) in [6.07, 6.45) is 3.43. The second-order valence-corrected chi connectivity index (χ2v) is 9.62. The first kappa shape index (κ1) is 25.0. The van der Waals surface area contributed by atoms with Crippen LogP contribution in [0.3, 0.4) is 0 Å². The fraction of sp³-hybridized carbons (Fsp3) is 1.00. The minimum absolute atomic E-state index is 0.653. The zero-order chi connectivity index (χ0) is 19.6. The lowest BCUT2D eigenvalue weighted by Crippen LogP contribution is -2.46. The Kier molecular flexibility index (Phi) is 15.6. The van der Waals surface area contributed by atoms with E-state index >= 15 is 0 Å². The molecule has 0 amide bonds. The molecule has 7 nitrogen and oxygen atoms in total. The molecule has 0 aromatic rings. The maximum absolute atomic E-state index is 5.98. The van der Waals surface area contributed by atoms with Gasteiger partial charge in [-0.25, -0.2) is 0 Å². The highest BCUT2D eigenvalue weighted by molar-refractivity contribution is 6.60. The predicted octanol–water partition coefficient (Wildman–Crippen LogP) is 1.29. The molecule has 0 radical (unpaired) electrons. The summed E-state index contributed by atoms with van der Waals surface area (Å²) in [5.74, 6) is 0. The van der Waals surface area contributed by atoms with Crippen molar-refractivity contribution in [2.24, 2.45) is 0 Å². The van der Waals surface area contributed by atoms with Crippen LogP contribution in [-0.2, 0) is 13.3 Å². The summed E-state index contributed by atoms with van der Waals surface area (Å²) in [6, 6.07) is 0.899. The number of nitrogens with one attached hydrogen (secondary N) is 3. The molecule has 0 unspecified atom stereocenters. The van der Waals surface area contributed by atoms with Crippen molar-refractivity contribution in [3.8, 4) is 0 Å². The van der Waals surface area contributed by atoms with Crippen LogP contribution in [0.5, 0.6) is 0 Å². The van der Waals surface area contributed by atoms with Crippen molar-refractivity contribution >= 4 is 8.80 Å². The molecule has 162 valence electrons. The SMILES string of the molecule is CCO[Si](CCCN1CCCNCCNCCCNCC1)(OCC)OCC. The Hall–Kier alpha value is -0.0631. The van der Waals surface area contributed by atoms with Gasteiger partial charge in [0.2, 0.25) is 0 Å². The monoisotopic (exact) mass is 404 g/mol. The van der Waals surface area contributed by atoms with Gasteiger partial charge in [-0.1, -0.05) is 0 Å². The average Bonchev–Trinajstić information content (AvgIpc) is 2.65. The molecule has 0 bridgehead atoms. The molecular weight excluding hydrogens is 360 g/mol. The Bertz CT molecular complexity index is 309. The molecule has 1 fully saturated rings. The molecule has 0 aliphatic carbocycles. The smallest absolute Gasteiger partial charge is 0.374 e. The van der Waals surface area contributed by atoms with Crippen molar-refractivity contribution in [3.63, 3.8) is 0 Å². The Balaban J connectivity index is 2.45. The molecule has 0 atom stereocenters. The number of rotatable bonds is 10. The molecule has 0 aromatic heterocycles. The van der Waals surface area contributed by atoms with Crippen molar-refractivity contribution in [1.29, 1.82) is 0 Å². The van der Waals surface area contributed by atoms with E-state index in [-0.39, 0.29) is 0 Å². The van der Waals surface area contributed by atoms with Crippen LogP contribution in [-0.4, -0.2) is 92.4 Å². The van der Waals surface area contributed by atoms with Crippen molar-refractivity contribution < 1.29 is 13.3 Å². The lowest BCUT2D eigenvalue weighted by Gasteiger charge is -2.30. The molecule has 27 heavy (non-hydrogen) atoms. The summed E-state index contributed by atoms with van der Waals surface area (Å²) in [6.45, 7) is 17.8. The van der Waals surface area contributed by atoms with Gasteiger partial charge in [-0.2, -0.15) is 0 Å². The predicted molar refractivity (Wildman–Crippen MR) is 114 cm³/mol. The molecule has 1 aliphatic heterocycles. The van der Waals surface area contributed by atoms with Crippen LogP contribution in [0.25, 0.3) is 0 Å². The van der Waals surface area contributed by atoms with Crippen LogP contribution in [0.1, 0.15) is 40.0 Å². The highest BCUT2D eigenvalue weighted by atomic mass is 28.4. The zero-order valence-corrected chi connectivity index (χ0v) is 19.0. The van der Waals surface area contributed by atoms with E-state index < -0.39 is 8.80 Å². The van der Waals surface area contributed by atoms with Gasteiger partial charge in [0.05, 0.1) is 0 Å². The van der Waals surface area contributed by atoms with E-state index in [2.05, 4.69) is 20.9 Å². The Morgan fingerprint density at radius 1 is 0.704 bits per heavy atom. The minimum atomic E-state index is -2.51. The maximum atomic E-state index is 5.98. The van der Waals surface area contributed by atoms with Gasteiger partial charge in [-0.3, -0.25) is 0 Å². The van der Waals surface area contributed by atoms with Gasteiger partial charge in [0.25, 0.3) is 0 Å². The average molecular weight is 405 g/mol. The summed E-state index contributed by atoms with van der Waals surface area (Å²) in [7, 11) is -2.51. The first-order valence-electron chi connectivity index (χ1n) is 11.0. The first-order chi connectivity index (χ1) is 13.3. The van der Waals surface area contributed by atoms with Gasteiger partial charge < -0.3 is 34.1 Å². The van der Waals surface area contributed by atoms with Gasteiger partial charge >= 0.3 is 8.80 Å². The fourth-order valence-electron chi connectivity index (χ4n) is 3.41. The van der Waals surface area contributed by atoms with Gasteiger partial charge in [-0.05, 0) is 72.8 Å². The third-order valence-electron chi connectivity index (χ3n) is 4.67. The molecule has 8 heteroatoms. The summed E-state index contributed by atoms with van der Waals surface area (Å²) >= 11 is 0. The van der Waals surface area contributed by atoms with Gasteiger partial charge in [0, 0.05) is 52.0 Å². The highest BCUT2D eigenvalue weighted by Crippen LogP contribution is 2.18. The van der Waals surface area contributed by atoms with Crippen molar-refractivity contribution in [2.45, 2.75) is 46.1 Å². The molecular formula is C19H44N4O3Si. The maximum Gasteiger partial charge on any atom is 0.500 e. The van der Waals surface area contributed by atoms with Crippen molar-refractivity contribution in [3.05, 3.63) is 0 Å². The molecule has 0 saturated carbocycles. The number of nitrogens with zero attached hydrogens (tertiary/aromatic N) is 1. The van der Waals surface area contributed by atoms with Crippen LogP contribution in [0, 0.1) is 0 Å². The molecule has 1 heterocycles. The van der Waals surface area contributed by atoms with E-state index in [1.807, 2.05) is 20.8 Å². The molecule has 1 aliphatic rings. The van der Waals surface area contributed by atoms with E-state index in [0.717, 1.165) is 71.4 Å². The van der Waals surface area contributed by atoms with Gasteiger partial charge in [0.15, 0.2) is 0 Å². The normalized spacial score (nSPS) is 19.7. The summed E-state index contributed by atoms with van der Waals surface area (Å²) in [5, 5.41) is 10.6. The Morgan fingerprint density at radius 3 is 1.85 bits per heavy atom. The molecule has 0 spiro atoms. The van der Waals surface area contributed by atoms with Crippen LogP contribution >= 0.6 is 0 Å². The lowest BCUT2D eigenvalue weighted by atomic mass is 10.3. The second kappa shape index (κ2) is 16.9. The van der Waals surface area contributed by atoms with E-state index in [1.54, 1.807) is 0 Å². The molecule has 1 rings (SSSR count). The van der Waals surface area contributed by atoms with Gasteiger partial charge in [-0.15, -0.1) is 0 Å². The Labute approximate surface area is 168 Å². The highest BCUT2D eigenvalue weighted by Gasteiger charge is 2.39. The van der Waals surface area contributed by atoms with E-state index in [1.165, 1.54) is 12.8 Å². The summed E-state index contributed by atoms with van der Waals surface area (Å²) < 4.78 is 18.0. The van der Waals surface area contributed by atoms with E-state index in [0.29, 0.717) is 19.8 Å². The molecule has 1 saturated heterocycles. The lowest BCUT2D eigenvalue weighted by molar-refractivity contribution is 0.0699. The number of hydrogen-bond acceptors (Lipinski definition) is 7. The largest absolute Gasteiger partial charge is 0.500 e. The van der Waals surface area contributed by atoms with Crippen LogP contribution in [0.15, 0.2) is 0 Å². The third kappa shape index (κ3) is 12.2. The van der Waals surface area contributed by atoms with Crippen LogP contribution < -0.4 is 16.0 Å². The fourth-order valence-corrected chi connectivity index (χ4v) is 6.00. The van der Waals surface area contributed by atoms with E-state index in [9.17, 15) is 0 Å². The van der Waals surface area contributed by atoms with Crippen LogP contribution in [0.4, 0.5) is 0 Å². The second-order valence-electron chi connectivity index (χ2n) is 6.88.